The lowest BCUT2D eigenvalue weighted by Crippen LogP contribution is -2.55. The summed E-state index contributed by atoms with van der Waals surface area (Å²) in [5.41, 5.74) is 0.307. The first kappa shape index (κ1) is 14.5. The van der Waals surface area contributed by atoms with Gasteiger partial charge >= 0.3 is 0 Å². The van der Waals surface area contributed by atoms with Crippen molar-refractivity contribution in [2.45, 2.75) is 57.5 Å². The SMILES string of the molecule is C#CC(CC)NCC1(N(C)C)CCCC(C)C1. The molecule has 0 amide bonds. The lowest BCUT2D eigenvalue weighted by atomic mass is 9.75. The molecular weight excluding hydrogens is 208 g/mol. The van der Waals surface area contributed by atoms with Gasteiger partial charge in [0.15, 0.2) is 0 Å². The van der Waals surface area contributed by atoms with Crippen LogP contribution in [0.15, 0.2) is 0 Å². The van der Waals surface area contributed by atoms with Crippen LogP contribution >= 0.6 is 0 Å². The Balaban J connectivity index is 2.62. The maximum absolute atomic E-state index is 5.52. The van der Waals surface area contributed by atoms with Crippen LogP contribution in [-0.4, -0.2) is 37.1 Å². The first-order chi connectivity index (χ1) is 8.04. The Labute approximate surface area is 107 Å². The van der Waals surface area contributed by atoms with Crippen molar-refractivity contribution in [2.75, 3.05) is 20.6 Å². The number of terminal acetylenes is 1. The molecule has 0 spiro atoms. The van der Waals surface area contributed by atoms with Gasteiger partial charge in [0.25, 0.3) is 0 Å². The van der Waals surface area contributed by atoms with E-state index in [-0.39, 0.29) is 6.04 Å². The topological polar surface area (TPSA) is 15.3 Å². The third kappa shape index (κ3) is 3.72. The van der Waals surface area contributed by atoms with Gasteiger partial charge in [0.1, 0.15) is 0 Å². The third-order valence-electron chi connectivity index (χ3n) is 4.30. The predicted octanol–water partition coefficient (Wildman–Crippen LogP) is 2.50. The van der Waals surface area contributed by atoms with Gasteiger partial charge in [-0.15, -0.1) is 6.42 Å². The summed E-state index contributed by atoms with van der Waals surface area (Å²) in [6.07, 6.45) is 11.8. The molecule has 3 unspecified atom stereocenters. The monoisotopic (exact) mass is 236 g/mol. The smallest absolute Gasteiger partial charge is 0.0684 e. The van der Waals surface area contributed by atoms with Gasteiger partial charge in [-0.3, -0.25) is 0 Å². The van der Waals surface area contributed by atoms with Crippen molar-refractivity contribution < 1.29 is 0 Å². The highest BCUT2D eigenvalue weighted by molar-refractivity contribution is 5.01. The largest absolute Gasteiger partial charge is 0.302 e. The van der Waals surface area contributed by atoms with E-state index in [4.69, 9.17) is 6.42 Å². The van der Waals surface area contributed by atoms with E-state index in [2.05, 4.69) is 44.1 Å². The highest BCUT2D eigenvalue weighted by Gasteiger charge is 2.36. The van der Waals surface area contributed by atoms with E-state index >= 15 is 0 Å². The van der Waals surface area contributed by atoms with Gasteiger partial charge in [-0.2, -0.15) is 0 Å². The van der Waals surface area contributed by atoms with Crippen LogP contribution in [0.3, 0.4) is 0 Å². The predicted molar refractivity (Wildman–Crippen MR) is 75.0 cm³/mol. The van der Waals surface area contributed by atoms with Crippen molar-refractivity contribution in [2.24, 2.45) is 5.92 Å². The second kappa shape index (κ2) is 6.42. The Kier molecular flexibility index (Phi) is 5.49. The van der Waals surface area contributed by atoms with Crippen molar-refractivity contribution >= 4 is 0 Å². The highest BCUT2D eigenvalue weighted by Crippen LogP contribution is 2.35. The minimum atomic E-state index is 0.226. The molecule has 0 aromatic carbocycles. The van der Waals surface area contributed by atoms with Crippen LogP contribution in [0.25, 0.3) is 0 Å². The van der Waals surface area contributed by atoms with Gasteiger partial charge in [-0.1, -0.05) is 32.6 Å². The van der Waals surface area contributed by atoms with Gasteiger partial charge in [0, 0.05) is 12.1 Å². The molecule has 98 valence electrons. The lowest BCUT2D eigenvalue weighted by molar-refractivity contribution is 0.0738. The molecular formula is C15H28N2. The van der Waals surface area contributed by atoms with Crippen molar-refractivity contribution in [1.82, 2.24) is 10.2 Å². The second-order valence-corrected chi connectivity index (χ2v) is 5.83. The zero-order valence-electron chi connectivity index (χ0n) is 11.9. The second-order valence-electron chi connectivity index (χ2n) is 5.83. The molecule has 1 rings (SSSR count). The number of nitrogens with zero attached hydrogens (tertiary/aromatic N) is 1. The molecule has 1 saturated carbocycles. The first-order valence-corrected chi connectivity index (χ1v) is 6.91. The van der Waals surface area contributed by atoms with Gasteiger partial charge < -0.3 is 10.2 Å². The Morgan fingerprint density at radius 1 is 1.53 bits per heavy atom. The molecule has 0 radical (unpaired) electrons. The van der Waals surface area contributed by atoms with E-state index in [1.165, 1.54) is 25.7 Å². The van der Waals surface area contributed by atoms with Crippen LogP contribution in [0.1, 0.15) is 46.0 Å². The Morgan fingerprint density at radius 3 is 2.71 bits per heavy atom. The highest BCUT2D eigenvalue weighted by atomic mass is 15.2. The minimum absolute atomic E-state index is 0.226. The number of hydrogen-bond acceptors (Lipinski definition) is 2. The summed E-state index contributed by atoms with van der Waals surface area (Å²) in [7, 11) is 4.41. The summed E-state index contributed by atoms with van der Waals surface area (Å²) in [4.78, 5) is 2.40. The zero-order valence-corrected chi connectivity index (χ0v) is 11.9. The first-order valence-electron chi connectivity index (χ1n) is 6.91. The van der Waals surface area contributed by atoms with Crippen molar-refractivity contribution in [3.05, 3.63) is 0 Å². The fraction of sp³-hybridized carbons (Fsp3) is 0.867. The standard InChI is InChI=1S/C15H28N2/c1-6-14(7-2)16-12-15(17(4)5)10-8-9-13(3)11-15/h1,13-14,16H,7-12H2,2-5H3. The fourth-order valence-electron chi connectivity index (χ4n) is 2.99. The maximum Gasteiger partial charge on any atom is 0.0684 e. The van der Waals surface area contributed by atoms with Crippen LogP contribution in [0.5, 0.6) is 0 Å². The Morgan fingerprint density at radius 2 is 2.24 bits per heavy atom. The maximum atomic E-state index is 5.52. The van der Waals surface area contributed by atoms with Crippen LogP contribution in [0.4, 0.5) is 0 Å². The quantitative estimate of drug-likeness (QED) is 0.738. The average Bonchev–Trinajstić information content (AvgIpc) is 2.30. The third-order valence-corrected chi connectivity index (χ3v) is 4.30. The summed E-state index contributed by atoms with van der Waals surface area (Å²) in [6, 6.07) is 0.226. The van der Waals surface area contributed by atoms with Gasteiger partial charge in [-0.25, -0.2) is 0 Å². The molecule has 1 aliphatic rings. The van der Waals surface area contributed by atoms with Crippen LogP contribution in [0.2, 0.25) is 0 Å². The molecule has 1 aliphatic carbocycles. The summed E-state index contributed by atoms with van der Waals surface area (Å²) in [5, 5.41) is 3.55. The van der Waals surface area contributed by atoms with Crippen molar-refractivity contribution in [3.8, 4) is 12.3 Å². The molecule has 0 aliphatic heterocycles. The van der Waals surface area contributed by atoms with E-state index in [1.807, 2.05) is 0 Å². The normalized spacial score (nSPS) is 31.2. The molecule has 0 bridgehead atoms. The molecule has 1 N–H and O–H groups in total. The van der Waals surface area contributed by atoms with E-state index < -0.39 is 0 Å². The molecule has 0 aromatic rings. The molecule has 2 heteroatoms. The molecule has 0 saturated heterocycles. The Hall–Kier alpha value is -0.520. The number of likely N-dealkylation sites (N-methyl/N-ethyl adjacent to an activating group) is 1. The van der Waals surface area contributed by atoms with E-state index in [0.29, 0.717) is 5.54 Å². The van der Waals surface area contributed by atoms with E-state index in [1.54, 1.807) is 0 Å². The van der Waals surface area contributed by atoms with Gasteiger partial charge in [0.2, 0.25) is 0 Å². The van der Waals surface area contributed by atoms with Gasteiger partial charge in [-0.05, 0) is 39.3 Å². The zero-order chi connectivity index (χ0) is 12.9. The molecule has 3 atom stereocenters. The number of hydrogen-bond donors (Lipinski definition) is 1. The number of nitrogens with one attached hydrogen (secondary N) is 1. The number of rotatable bonds is 5. The van der Waals surface area contributed by atoms with Crippen molar-refractivity contribution in [3.63, 3.8) is 0 Å². The lowest BCUT2D eigenvalue weighted by Gasteiger charge is -2.46. The molecule has 17 heavy (non-hydrogen) atoms. The summed E-state index contributed by atoms with van der Waals surface area (Å²) < 4.78 is 0. The molecule has 0 aromatic heterocycles. The van der Waals surface area contributed by atoms with E-state index in [0.717, 1.165) is 18.9 Å². The Bertz CT molecular complexity index is 267. The molecule has 1 fully saturated rings. The summed E-state index contributed by atoms with van der Waals surface area (Å²) in [5.74, 6) is 3.66. The fourth-order valence-corrected chi connectivity index (χ4v) is 2.99. The molecule has 0 heterocycles. The molecule has 2 nitrogen and oxygen atoms in total. The van der Waals surface area contributed by atoms with Crippen molar-refractivity contribution in [1.29, 1.82) is 0 Å². The van der Waals surface area contributed by atoms with E-state index in [9.17, 15) is 0 Å². The van der Waals surface area contributed by atoms with Crippen LogP contribution < -0.4 is 5.32 Å². The van der Waals surface area contributed by atoms with Crippen LogP contribution in [-0.2, 0) is 0 Å². The average molecular weight is 236 g/mol. The summed E-state index contributed by atoms with van der Waals surface area (Å²) >= 11 is 0. The summed E-state index contributed by atoms with van der Waals surface area (Å²) in [6.45, 7) is 5.53. The van der Waals surface area contributed by atoms with Crippen LogP contribution in [0, 0.1) is 18.3 Å². The van der Waals surface area contributed by atoms with Gasteiger partial charge in [0.05, 0.1) is 6.04 Å². The minimum Gasteiger partial charge on any atom is -0.302 e.